The first kappa shape index (κ1) is 69.8. The maximum Gasteiger partial charge on any atom is 2.00 e. The Morgan fingerprint density at radius 2 is 0.632 bits per heavy atom. The molecule has 10 heterocycles. The molecule has 0 spiro atoms. The van der Waals surface area contributed by atoms with E-state index in [-0.39, 0.29) is 67.1 Å². The molecular formula is C42H36Co4N20O10. The van der Waals surface area contributed by atoms with E-state index in [0.29, 0.717) is 91.6 Å². The molecular weight excluding hydrogens is 1180 g/mol. The Morgan fingerprint density at radius 1 is 0.382 bits per heavy atom. The third-order valence-corrected chi connectivity index (χ3v) is 7.89. The van der Waals surface area contributed by atoms with Crippen LogP contribution in [0.2, 0.25) is 0 Å². The zero-order chi connectivity index (χ0) is 52.7. The van der Waals surface area contributed by atoms with Crippen LogP contribution in [0.25, 0.3) is 91.6 Å². The summed E-state index contributed by atoms with van der Waals surface area (Å²) in [5.74, 6) is 3.68. The molecule has 0 atom stereocenters. The van der Waals surface area contributed by atoms with E-state index in [9.17, 15) is 0 Å². The average molecular weight is 1220 g/mol. The molecule has 0 aromatic carbocycles. The van der Waals surface area contributed by atoms with Crippen molar-refractivity contribution in [2.75, 3.05) is 28.4 Å². The van der Waals surface area contributed by atoms with Crippen molar-refractivity contribution in [3.63, 3.8) is 0 Å². The summed E-state index contributed by atoms with van der Waals surface area (Å²) in [4.78, 5) is 59.7. The summed E-state index contributed by atoms with van der Waals surface area (Å²) in [6, 6.07) is 25.9. The molecule has 0 unspecified atom stereocenters. The third-order valence-electron chi connectivity index (χ3n) is 7.89. The summed E-state index contributed by atoms with van der Waals surface area (Å²) in [6.45, 7) is 0. The van der Waals surface area contributed by atoms with Gasteiger partial charge in [-0.1, -0.05) is 24.3 Å². The Bertz CT molecular complexity index is 2690. The fraction of sp³-hybridized carbons (Fsp3) is 0.0952. The number of pyridine rings is 6. The van der Waals surface area contributed by atoms with Crippen LogP contribution in [0.15, 0.2) is 135 Å². The molecule has 10 aromatic rings. The van der Waals surface area contributed by atoms with E-state index < -0.39 is 10.2 Å². The van der Waals surface area contributed by atoms with Crippen molar-refractivity contribution in [1.82, 2.24) is 90.6 Å². The van der Waals surface area contributed by atoms with Crippen LogP contribution in [0, 0.1) is 30.6 Å². The summed E-state index contributed by atoms with van der Waals surface area (Å²) in [6.07, 6.45) is 13.4. The topological polar surface area (TPSA) is 456 Å². The Hall–Kier alpha value is -8.27. The molecule has 2 N–H and O–H groups in total. The summed E-state index contributed by atoms with van der Waals surface area (Å²) in [5, 5.41) is 93.0. The van der Waals surface area contributed by atoms with Gasteiger partial charge in [-0.25, -0.2) is 0 Å². The smallest absolute Gasteiger partial charge is 0.857 e. The second kappa shape index (κ2) is 39.2. The van der Waals surface area contributed by atoms with Crippen LogP contribution in [0.1, 0.15) is 0 Å². The van der Waals surface area contributed by atoms with Gasteiger partial charge in [0.2, 0.25) is 0 Å². The van der Waals surface area contributed by atoms with Crippen LogP contribution in [0.4, 0.5) is 0 Å². The van der Waals surface area contributed by atoms with Gasteiger partial charge in [0.15, 0.2) is 0 Å². The van der Waals surface area contributed by atoms with Crippen molar-refractivity contribution >= 4 is 0 Å². The Labute approximate surface area is 470 Å². The van der Waals surface area contributed by atoms with Crippen molar-refractivity contribution < 1.29 is 97.7 Å². The number of aliphatic hydroxyl groups excluding tert-OH is 2. The number of nitrogens with zero attached hydrogens (tertiary/aromatic N) is 20. The molecule has 0 fully saturated rings. The van der Waals surface area contributed by atoms with Gasteiger partial charge < -0.3 is 91.4 Å². The summed E-state index contributed by atoms with van der Waals surface area (Å²) in [5.41, 5.74) is 5.46. The van der Waals surface area contributed by atoms with Crippen LogP contribution in [-0.2, 0) is 67.1 Å². The standard InChI is InChI=1S/2C19H11N9.2CH4O.2CH3O.4Co.2NO3/c2*1-3-7-21-14(5-1)18-23-16(25-27-18)12-9-13(11-20-10-12)17-24-19(28-26-17)15-6-2-4-8-22-15;4*1-2;;;;;2*2-1(3)4/h2*1-11H;2*2H,1H3;2*1H3;;;;;;/q2*-2;;;2*-1;4*+2;2*-1. The normalized spacial score (nSPS) is 8.95. The molecule has 0 amide bonds. The number of rotatable bonds is 8. The van der Waals surface area contributed by atoms with Gasteiger partial charge in [0.05, 0.1) is 56.2 Å². The first-order valence-corrected chi connectivity index (χ1v) is 19.6. The van der Waals surface area contributed by atoms with Crippen LogP contribution in [-0.4, -0.2) is 119 Å². The van der Waals surface area contributed by atoms with Crippen LogP contribution >= 0.6 is 0 Å². The monoisotopic (exact) mass is 1220 g/mol. The van der Waals surface area contributed by atoms with Gasteiger partial charge in [0.25, 0.3) is 0 Å². The Balaban J connectivity index is 0. The first-order chi connectivity index (χ1) is 35.2. The molecule has 0 aliphatic heterocycles. The van der Waals surface area contributed by atoms with Crippen molar-refractivity contribution in [2.24, 2.45) is 0 Å². The molecule has 0 aliphatic carbocycles. The molecule has 0 saturated carbocycles. The van der Waals surface area contributed by atoms with E-state index in [0.717, 1.165) is 28.4 Å². The quantitative estimate of drug-likeness (QED) is 0.157. The fourth-order valence-corrected chi connectivity index (χ4v) is 5.23. The molecule has 4 radical (unpaired) electrons. The van der Waals surface area contributed by atoms with Gasteiger partial charge in [-0.15, -0.1) is 0 Å². The van der Waals surface area contributed by atoms with Crippen LogP contribution in [0.3, 0.4) is 0 Å². The third kappa shape index (κ3) is 22.1. The second-order valence-corrected chi connectivity index (χ2v) is 12.1. The van der Waals surface area contributed by atoms with Crippen molar-refractivity contribution in [1.29, 1.82) is 0 Å². The van der Waals surface area contributed by atoms with Crippen molar-refractivity contribution in [2.45, 2.75) is 0 Å². The molecule has 0 bridgehead atoms. The van der Waals surface area contributed by atoms with Crippen LogP contribution in [0.5, 0.6) is 0 Å². The van der Waals surface area contributed by atoms with Gasteiger partial charge in [-0.2, -0.15) is 14.2 Å². The van der Waals surface area contributed by atoms with Gasteiger partial charge in [-0.3, -0.25) is 50.3 Å². The largest absolute Gasteiger partial charge is 2.00 e. The first-order valence-electron chi connectivity index (χ1n) is 19.6. The molecule has 0 saturated heterocycles. The number of aliphatic hydroxyl groups is 2. The van der Waals surface area contributed by atoms with E-state index >= 15 is 0 Å². The second-order valence-electron chi connectivity index (χ2n) is 12.1. The zero-order valence-electron chi connectivity index (χ0n) is 39.1. The Morgan fingerprint density at radius 3 is 0.921 bits per heavy atom. The van der Waals surface area contributed by atoms with Gasteiger partial charge in [0.1, 0.15) is 0 Å². The maximum absolute atomic E-state index is 8.25. The van der Waals surface area contributed by atoms with Gasteiger partial charge in [-0.05, 0) is 95.1 Å². The van der Waals surface area contributed by atoms with E-state index in [1.54, 1.807) is 49.6 Å². The minimum Gasteiger partial charge on any atom is -0.857 e. The molecule has 30 nitrogen and oxygen atoms in total. The number of hydrogen-bond acceptors (Lipinski definition) is 24. The van der Waals surface area contributed by atoms with Crippen molar-refractivity contribution in [3.05, 3.63) is 165 Å². The van der Waals surface area contributed by atoms with E-state index in [1.165, 1.54) is 0 Å². The van der Waals surface area contributed by atoms with Crippen molar-refractivity contribution in [3.8, 4) is 91.6 Å². The summed E-state index contributed by atoms with van der Waals surface area (Å²) in [7, 11) is 3.50. The minimum absolute atomic E-state index is 0. The van der Waals surface area contributed by atoms with Gasteiger partial charge >= 0.3 is 67.1 Å². The molecule has 76 heavy (non-hydrogen) atoms. The zero-order valence-corrected chi connectivity index (χ0v) is 43.3. The minimum atomic E-state index is -1.75. The number of aromatic nitrogens is 18. The van der Waals surface area contributed by atoms with E-state index in [1.807, 2.05) is 84.9 Å². The predicted molar refractivity (Wildman–Crippen MR) is 248 cm³/mol. The molecule has 10 rings (SSSR count). The van der Waals surface area contributed by atoms with Crippen LogP contribution < -0.4 is 30.6 Å². The molecule has 0 aliphatic rings. The van der Waals surface area contributed by atoms with E-state index in [2.05, 4.69) is 90.6 Å². The molecule has 34 heteroatoms. The maximum atomic E-state index is 8.25. The predicted octanol–water partition coefficient (Wildman–Crippen LogP) is 0.750. The Kier molecular flexibility index (Phi) is 36.0. The van der Waals surface area contributed by atoms with E-state index in [4.69, 9.17) is 51.1 Å². The average Bonchev–Trinajstić information content (AvgIpc) is 4.31. The fourth-order valence-electron chi connectivity index (χ4n) is 5.23. The summed E-state index contributed by atoms with van der Waals surface area (Å²) < 4.78 is 0. The SMILES string of the molecule is CO.CO.C[O-].C[O-].O=[N+]([O-])[O-].O=[N+]([O-])[O-].[Co+2].[Co+2].[Co+2].[Co+2].c1ccc(-c2n[n-]c(-c3cncc(-c4n[n-]c(-c5ccccn5)n4)c3)n2)nc1.c1ccc(-c2n[n-]c(-c3cncc(-c4n[n-]c(-c5ccccn5)n4)c3)n2)nc1. The number of hydrogen-bond donors (Lipinski definition) is 2. The molecule has 400 valence electrons. The summed E-state index contributed by atoms with van der Waals surface area (Å²) >= 11 is 0. The molecule has 10 aromatic heterocycles. The van der Waals surface area contributed by atoms with Gasteiger partial charge in [0, 0.05) is 74.9 Å².